The summed E-state index contributed by atoms with van der Waals surface area (Å²) in [5.41, 5.74) is 8.20. The Morgan fingerprint density at radius 2 is 1.71 bits per heavy atom. The van der Waals surface area contributed by atoms with Gasteiger partial charge < -0.3 is 20.8 Å². The molecule has 184 valence electrons. The summed E-state index contributed by atoms with van der Waals surface area (Å²) >= 11 is 0. The van der Waals surface area contributed by atoms with Crippen LogP contribution in [0.4, 0.5) is 22.1 Å². The van der Waals surface area contributed by atoms with Crippen molar-refractivity contribution >= 4 is 34.6 Å². The molecule has 0 bridgehead atoms. The average molecular weight is 479 g/mol. The fraction of sp³-hybridized carbons (Fsp3) is 0.458. The van der Waals surface area contributed by atoms with Crippen molar-refractivity contribution < 1.29 is 9.63 Å². The predicted octanol–water partition coefficient (Wildman–Crippen LogP) is 2.95. The molecule has 1 aliphatic heterocycles. The molecule has 2 atom stereocenters. The van der Waals surface area contributed by atoms with Crippen molar-refractivity contribution in [2.24, 2.45) is 5.73 Å². The lowest BCUT2D eigenvalue weighted by molar-refractivity contribution is -0.155. The molecule has 3 aromatic rings. The third kappa shape index (κ3) is 4.76. The molecule has 0 radical (unpaired) electrons. The van der Waals surface area contributed by atoms with Gasteiger partial charge in [0, 0.05) is 36.6 Å². The summed E-state index contributed by atoms with van der Waals surface area (Å²) in [7, 11) is 0. The number of hydroxylamine groups is 2. The SMILES string of the molecule is CC1CN(c2ccc(Nc3nnc4ccc(=O)n(C5CCCC5)c4n3)cc2)CC(C)N1OC(N)=O. The number of nitrogens with zero attached hydrogens (tertiary/aromatic N) is 6. The number of anilines is 3. The summed E-state index contributed by atoms with van der Waals surface area (Å²) in [6.07, 6.45) is 3.40. The maximum atomic E-state index is 12.6. The second kappa shape index (κ2) is 9.49. The van der Waals surface area contributed by atoms with Gasteiger partial charge in [0.15, 0.2) is 5.65 Å². The molecule has 1 aromatic carbocycles. The summed E-state index contributed by atoms with van der Waals surface area (Å²) < 4.78 is 1.77. The normalized spacial score (nSPS) is 21.4. The van der Waals surface area contributed by atoms with Crippen molar-refractivity contribution in [1.82, 2.24) is 24.8 Å². The van der Waals surface area contributed by atoms with Crippen molar-refractivity contribution in [1.29, 1.82) is 0 Å². The van der Waals surface area contributed by atoms with Crippen LogP contribution in [0.15, 0.2) is 41.2 Å². The molecule has 5 rings (SSSR count). The zero-order valence-electron chi connectivity index (χ0n) is 19.9. The minimum Gasteiger partial charge on any atom is -0.368 e. The largest absolute Gasteiger partial charge is 0.423 e. The smallest absolute Gasteiger partial charge is 0.368 e. The van der Waals surface area contributed by atoms with E-state index < -0.39 is 6.09 Å². The van der Waals surface area contributed by atoms with E-state index in [0.29, 0.717) is 30.2 Å². The van der Waals surface area contributed by atoms with Crippen molar-refractivity contribution in [3.63, 3.8) is 0 Å². The van der Waals surface area contributed by atoms with E-state index in [2.05, 4.69) is 25.4 Å². The first-order chi connectivity index (χ1) is 16.9. The van der Waals surface area contributed by atoms with Gasteiger partial charge in [-0.05, 0) is 57.0 Å². The molecule has 1 saturated heterocycles. The van der Waals surface area contributed by atoms with Crippen LogP contribution in [0.1, 0.15) is 45.6 Å². The van der Waals surface area contributed by atoms with E-state index in [4.69, 9.17) is 10.6 Å². The number of rotatable bonds is 5. The standard InChI is InChI=1S/C24H30N8O3/c1-15-13-30(14-16(2)32(15)35-23(25)34)18-9-7-17(8-10-18)26-24-27-22-20(28-29-24)11-12-21(33)31(22)19-5-3-4-6-19/h7-12,15-16,19H,3-6,13-14H2,1-2H3,(H2,25,34)(H,26,27,29). The second-order valence-corrected chi connectivity index (χ2v) is 9.37. The molecule has 0 spiro atoms. The predicted molar refractivity (Wildman–Crippen MR) is 132 cm³/mol. The molecule has 1 saturated carbocycles. The molecule has 2 unspecified atom stereocenters. The first-order valence-corrected chi connectivity index (χ1v) is 12.0. The van der Waals surface area contributed by atoms with Crippen LogP contribution in [0.3, 0.4) is 0 Å². The van der Waals surface area contributed by atoms with Gasteiger partial charge in [0.2, 0.25) is 5.95 Å². The van der Waals surface area contributed by atoms with Gasteiger partial charge in [0.1, 0.15) is 5.52 Å². The van der Waals surface area contributed by atoms with Crippen LogP contribution < -0.4 is 21.5 Å². The van der Waals surface area contributed by atoms with E-state index in [0.717, 1.165) is 37.1 Å². The average Bonchev–Trinajstić information content (AvgIpc) is 3.36. The molecule has 3 heterocycles. The number of amides is 1. The molecule has 35 heavy (non-hydrogen) atoms. The Kier molecular flexibility index (Phi) is 6.25. The van der Waals surface area contributed by atoms with Gasteiger partial charge in [0.05, 0.1) is 12.1 Å². The number of piperazine rings is 1. The fourth-order valence-corrected chi connectivity index (χ4v) is 5.20. The highest BCUT2D eigenvalue weighted by atomic mass is 16.7. The van der Waals surface area contributed by atoms with Crippen molar-refractivity contribution in [3.8, 4) is 0 Å². The number of nitrogens with one attached hydrogen (secondary N) is 1. The Bertz CT molecular complexity index is 1260. The van der Waals surface area contributed by atoms with Crippen molar-refractivity contribution in [3.05, 3.63) is 46.8 Å². The number of aromatic nitrogens is 4. The van der Waals surface area contributed by atoms with E-state index in [1.54, 1.807) is 21.8 Å². The maximum absolute atomic E-state index is 12.6. The van der Waals surface area contributed by atoms with E-state index >= 15 is 0 Å². The van der Waals surface area contributed by atoms with Gasteiger partial charge in [-0.2, -0.15) is 4.98 Å². The molecule has 2 aromatic heterocycles. The summed E-state index contributed by atoms with van der Waals surface area (Å²) in [5.74, 6) is 0.349. The first kappa shape index (κ1) is 23.0. The molecule has 2 aliphatic rings. The Morgan fingerprint density at radius 1 is 1.03 bits per heavy atom. The lowest BCUT2D eigenvalue weighted by Crippen LogP contribution is -2.57. The minimum absolute atomic E-state index is 0.00130. The Hall–Kier alpha value is -3.73. The highest BCUT2D eigenvalue weighted by molar-refractivity contribution is 5.71. The number of carbonyl (C=O) groups is 1. The monoisotopic (exact) mass is 478 g/mol. The first-order valence-electron chi connectivity index (χ1n) is 12.0. The zero-order chi connectivity index (χ0) is 24.5. The number of pyridine rings is 1. The van der Waals surface area contributed by atoms with Gasteiger partial charge in [-0.25, -0.2) is 4.79 Å². The third-order valence-corrected chi connectivity index (χ3v) is 6.75. The van der Waals surface area contributed by atoms with Crippen LogP contribution in [-0.4, -0.2) is 56.1 Å². The van der Waals surface area contributed by atoms with E-state index in [1.807, 2.05) is 38.1 Å². The topological polar surface area (TPSA) is 132 Å². The number of hydrogen-bond acceptors (Lipinski definition) is 9. The third-order valence-electron chi connectivity index (χ3n) is 6.75. The van der Waals surface area contributed by atoms with Gasteiger partial charge in [-0.15, -0.1) is 15.3 Å². The molecule has 11 nitrogen and oxygen atoms in total. The van der Waals surface area contributed by atoms with Crippen molar-refractivity contribution in [2.45, 2.75) is 57.7 Å². The highest BCUT2D eigenvalue weighted by Crippen LogP contribution is 2.30. The number of fused-ring (bicyclic) bond motifs is 1. The molecular weight excluding hydrogens is 448 g/mol. The quantitative estimate of drug-likeness (QED) is 0.568. The summed E-state index contributed by atoms with van der Waals surface area (Å²) in [6.45, 7) is 5.38. The zero-order valence-corrected chi connectivity index (χ0v) is 19.9. The number of nitrogens with two attached hydrogens (primary N) is 1. The van der Waals surface area contributed by atoms with Crippen LogP contribution in [0, 0.1) is 0 Å². The summed E-state index contributed by atoms with van der Waals surface area (Å²) in [4.78, 5) is 35.8. The maximum Gasteiger partial charge on any atom is 0.423 e. The van der Waals surface area contributed by atoms with E-state index in [1.165, 1.54) is 0 Å². The molecule has 11 heteroatoms. The Balaban J connectivity index is 1.33. The Labute approximate surface area is 202 Å². The van der Waals surface area contributed by atoms with Crippen LogP contribution in [0.25, 0.3) is 11.2 Å². The second-order valence-electron chi connectivity index (χ2n) is 9.37. The van der Waals surface area contributed by atoms with Gasteiger partial charge in [0.25, 0.3) is 5.56 Å². The fourth-order valence-electron chi connectivity index (χ4n) is 5.20. The van der Waals surface area contributed by atoms with Gasteiger partial charge in [-0.3, -0.25) is 9.36 Å². The molecule has 3 N–H and O–H groups in total. The molecule has 1 amide bonds. The molecule has 2 fully saturated rings. The van der Waals surface area contributed by atoms with Crippen molar-refractivity contribution in [2.75, 3.05) is 23.3 Å². The highest BCUT2D eigenvalue weighted by Gasteiger charge is 2.32. The van der Waals surface area contributed by atoms with Crippen LogP contribution in [-0.2, 0) is 4.84 Å². The van der Waals surface area contributed by atoms with Crippen LogP contribution in [0.5, 0.6) is 0 Å². The van der Waals surface area contributed by atoms with Crippen LogP contribution >= 0.6 is 0 Å². The molecule has 1 aliphatic carbocycles. The summed E-state index contributed by atoms with van der Waals surface area (Å²) in [6, 6.07) is 11.3. The lowest BCUT2D eigenvalue weighted by Gasteiger charge is -2.43. The lowest BCUT2D eigenvalue weighted by atomic mass is 10.1. The van der Waals surface area contributed by atoms with E-state index in [-0.39, 0.29) is 23.7 Å². The summed E-state index contributed by atoms with van der Waals surface area (Å²) in [5, 5.41) is 13.4. The number of primary amides is 1. The number of hydrogen-bond donors (Lipinski definition) is 2. The molecular formula is C24H30N8O3. The van der Waals surface area contributed by atoms with Gasteiger partial charge in [-0.1, -0.05) is 12.8 Å². The Morgan fingerprint density at radius 3 is 2.37 bits per heavy atom. The van der Waals surface area contributed by atoms with Crippen LogP contribution in [0.2, 0.25) is 0 Å². The minimum atomic E-state index is -0.793. The van der Waals surface area contributed by atoms with Gasteiger partial charge >= 0.3 is 6.09 Å². The number of benzene rings is 1. The number of carbonyl (C=O) groups excluding carboxylic acids is 1. The van der Waals surface area contributed by atoms with E-state index in [9.17, 15) is 9.59 Å².